The summed E-state index contributed by atoms with van der Waals surface area (Å²) in [5.74, 6) is 2.85. The van der Waals surface area contributed by atoms with Crippen molar-refractivity contribution in [1.29, 1.82) is 0 Å². The van der Waals surface area contributed by atoms with Crippen molar-refractivity contribution in [3.8, 4) is 0 Å². The van der Waals surface area contributed by atoms with Crippen LogP contribution in [0.3, 0.4) is 0 Å². The van der Waals surface area contributed by atoms with Gasteiger partial charge < -0.3 is 5.32 Å². The van der Waals surface area contributed by atoms with E-state index in [1.54, 1.807) is 0 Å². The first-order valence-electron chi connectivity index (χ1n) is 10.5. The molecule has 0 atom stereocenters. The fraction of sp³-hybridized carbons (Fsp3) is 0.609. The van der Waals surface area contributed by atoms with Crippen LogP contribution in [0.1, 0.15) is 63.5 Å². The van der Waals surface area contributed by atoms with Gasteiger partial charge in [0, 0.05) is 28.3 Å². The van der Waals surface area contributed by atoms with Crippen molar-refractivity contribution in [2.45, 2.75) is 64.3 Å². The predicted molar refractivity (Wildman–Crippen MR) is 109 cm³/mol. The largest absolute Gasteiger partial charge is 0.379 e. The van der Waals surface area contributed by atoms with Crippen LogP contribution in [0.2, 0.25) is 0 Å². The van der Waals surface area contributed by atoms with Crippen LogP contribution in [0.25, 0.3) is 5.70 Å². The van der Waals surface area contributed by atoms with Gasteiger partial charge in [0.2, 0.25) is 0 Å². The van der Waals surface area contributed by atoms with E-state index >= 15 is 0 Å². The maximum atomic E-state index is 13.5. The fourth-order valence-electron chi connectivity index (χ4n) is 6.89. The zero-order valence-corrected chi connectivity index (χ0v) is 16.4. The van der Waals surface area contributed by atoms with Crippen molar-refractivity contribution in [2.24, 2.45) is 23.2 Å². The molecule has 1 aliphatic heterocycles. The number of benzene rings is 1. The highest BCUT2D eigenvalue weighted by atomic mass is 16.1. The predicted octanol–water partition coefficient (Wildman–Crippen LogP) is 3.00. The van der Waals surface area contributed by atoms with Gasteiger partial charge in [0.05, 0.1) is 0 Å². The second-order valence-corrected chi connectivity index (χ2v) is 10.5. The molecule has 5 aliphatic rings. The fourth-order valence-corrected chi connectivity index (χ4v) is 6.89. The highest BCUT2D eigenvalue weighted by Gasteiger charge is 2.53. The van der Waals surface area contributed by atoms with Gasteiger partial charge in [-0.2, -0.15) is 0 Å². The minimum atomic E-state index is -0.0458. The molecule has 26 heavy (non-hydrogen) atoms. The molecule has 3 heteroatoms. The van der Waals surface area contributed by atoms with Crippen LogP contribution < -0.4 is 10.8 Å². The van der Waals surface area contributed by atoms with Crippen LogP contribution in [0.15, 0.2) is 24.3 Å². The lowest BCUT2D eigenvalue weighted by atomic mass is 9.48. The van der Waals surface area contributed by atoms with E-state index in [2.05, 4.69) is 45.2 Å². The van der Waals surface area contributed by atoms with Crippen molar-refractivity contribution < 1.29 is 4.79 Å². The van der Waals surface area contributed by atoms with E-state index in [0.717, 1.165) is 49.1 Å². The highest BCUT2D eigenvalue weighted by molar-refractivity contribution is 6.32. The molecule has 4 aliphatic carbocycles. The molecule has 6 rings (SSSR count). The van der Waals surface area contributed by atoms with Crippen LogP contribution in [-0.2, 0) is 11.2 Å². The molecule has 0 saturated heterocycles. The number of nitrogens with one attached hydrogen (secondary N) is 1. The van der Waals surface area contributed by atoms with E-state index in [4.69, 9.17) is 0 Å². The summed E-state index contributed by atoms with van der Waals surface area (Å²) in [6.07, 6.45) is 10.6. The molecule has 0 spiro atoms. The van der Waals surface area contributed by atoms with Crippen molar-refractivity contribution in [3.63, 3.8) is 0 Å². The molecule has 0 radical (unpaired) electrons. The van der Waals surface area contributed by atoms with Crippen molar-refractivity contribution in [3.05, 3.63) is 35.4 Å². The van der Waals surface area contributed by atoms with Gasteiger partial charge in [-0.15, -0.1) is 0 Å². The normalized spacial score (nSPS) is 38.1. The standard InChI is InChI=1S/C23H30BNO/c1-22(2)13-17-8-18(24)3-4-19(17)20(25-22)9-21(26)23-10-14-5-15(11-23)7-16(6-14)12-23/h3-4,8-9,14-16,25H,5-7,10-13,24H2,1-2H3/b20-9-. The van der Waals surface area contributed by atoms with Gasteiger partial charge >= 0.3 is 0 Å². The Bertz CT molecular complexity index is 771. The topological polar surface area (TPSA) is 29.1 Å². The molecular weight excluding hydrogens is 317 g/mol. The van der Waals surface area contributed by atoms with E-state index in [1.165, 1.54) is 35.9 Å². The first-order valence-corrected chi connectivity index (χ1v) is 10.5. The van der Waals surface area contributed by atoms with Crippen LogP contribution >= 0.6 is 0 Å². The van der Waals surface area contributed by atoms with Gasteiger partial charge in [-0.1, -0.05) is 23.7 Å². The van der Waals surface area contributed by atoms with Gasteiger partial charge in [-0.05, 0) is 82.1 Å². The van der Waals surface area contributed by atoms with Gasteiger partial charge in [-0.3, -0.25) is 4.79 Å². The zero-order chi connectivity index (χ0) is 18.1. The molecule has 1 aromatic rings. The summed E-state index contributed by atoms with van der Waals surface area (Å²) >= 11 is 0. The average molecular weight is 347 g/mol. The van der Waals surface area contributed by atoms with Crippen LogP contribution in [0, 0.1) is 23.2 Å². The Morgan fingerprint density at radius 2 is 1.73 bits per heavy atom. The van der Waals surface area contributed by atoms with E-state index in [9.17, 15) is 4.79 Å². The van der Waals surface area contributed by atoms with Crippen molar-refractivity contribution in [2.75, 3.05) is 0 Å². The lowest BCUT2D eigenvalue weighted by Gasteiger charge is -2.55. The first kappa shape index (κ1) is 16.7. The molecule has 1 N–H and O–H groups in total. The van der Waals surface area contributed by atoms with Crippen LogP contribution in [-0.4, -0.2) is 19.2 Å². The molecule has 2 nitrogen and oxygen atoms in total. The average Bonchev–Trinajstić information content (AvgIpc) is 2.51. The summed E-state index contributed by atoms with van der Waals surface area (Å²) in [5, 5.41) is 3.67. The summed E-state index contributed by atoms with van der Waals surface area (Å²) in [5.41, 5.74) is 4.90. The monoisotopic (exact) mass is 347 g/mol. The minimum Gasteiger partial charge on any atom is -0.379 e. The lowest BCUT2D eigenvalue weighted by molar-refractivity contribution is -0.138. The van der Waals surface area contributed by atoms with Gasteiger partial charge in [0.15, 0.2) is 5.78 Å². The number of allylic oxidation sites excluding steroid dienone is 1. The second kappa shape index (κ2) is 5.50. The smallest absolute Gasteiger partial charge is 0.163 e. The zero-order valence-electron chi connectivity index (χ0n) is 16.4. The SMILES string of the molecule is Bc1ccc2c(c1)CC(C)(C)N/C2=C\C(=O)C12CC3CC(CC(C3)C1)C2. The highest BCUT2D eigenvalue weighted by Crippen LogP contribution is 2.60. The quantitative estimate of drug-likeness (QED) is 0.658. The van der Waals surface area contributed by atoms with E-state index in [-0.39, 0.29) is 11.0 Å². The van der Waals surface area contributed by atoms with Gasteiger partial charge in [0.1, 0.15) is 7.85 Å². The molecule has 4 saturated carbocycles. The summed E-state index contributed by atoms with van der Waals surface area (Å²) in [7, 11) is 2.15. The Morgan fingerprint density at radius 3 is 2.35 bits per heavy atom. The van der Waals surface area contributed by atoms with E-state index in [0.29, 0.717) is 5.78 Å². The van der Waals surface area contributed by atoms with Crippen LogP contribution in [0.4, 0.5) is 0 Å². The summed E-state index contributed by atoms with van der Waals surface area (Å²) in [6.45, 7) is 4.47. The molecule has 136 valence electrons. The Balaban J connectivity index is 1.51. The third-order valence-electron chi connectivity index (χ3n) is 7.49. The number of carbonyl (C=O) groups is 1. The minimum absolute atomic E-state index is 0.00558. The van der Waals surface area contributed by atoms with E-state index < -0.39 is 0 Å². The molecule has 1 heterocycles. The molecular formula is C23H30BNO. The Morgan fingerprint density at radius 1 is 1.12 bits per heavy atom. The third-order valence-corrected chi connectivity index (χ3v) is 7.49. The number of hydrogen-bond acceptors (Lipinski definition) is 2. The summed E-state index contributed by atoms with van der Waals surface area (Å²) < 4.78 is 0. The molecule has 0 unspecified atom stereocenters. The molecule has 1 aromatic carbocycles. The lowest BCUT2D eigenvalue weighted by Crippen LogP contribution is -2.50. The van der Waals surface area contributed by atoms with Crippen molar-refractivity contribution in [1.82, 2.24) is 5.32 Å². The number of ketones is 1. The molecule has 4 fully saturated rings. The molecule has 0 amide bonds. The molecule has 4 bridgehead atoms. The number of fused-ring (bicyclic) bond motifs is 1. The van der Waals surface area contributed by atoms with Gasteiger partial charge in [-0.25, -0.2) is 0 Å². The van der Waals surface area contributed by atoms with Gasteiger partial charge in [0.25, 0.3) is 0 Å². The second-order valence-electron chi connectivity index (χ2n) is 10.5. The maximum absolute atomic E-state index is 13.5. The first-order chi connectivity index (χ1) is 12.3. The number of hydrogen-bond donors (Lipinski definition) is 1. The number of carbonyl (C=O) groups excluding carboxylic acids is 1. The molecule has 0 aromatic heterocycles. The van der Waals surface area contributed by atoms with Crippen LogP contribution in [0.5, 0.6) is 0 Å². The van der Waals surface area contributed by atoms with E-state index in [1.807, 2.05) is 6.08 Å². The third kappa shape index (κ3) is 2.66. The maximum Gasteiger partial charge on any atom is 0.163 e. The summed E-state index contributed by atoms with van der Waals surface area (Å²) in [4.78, 5) is 13.5. The Labute approximate surface area is 158 Å². The number of rotatable bonds is 2. The summed E-state index contributed by atoms with van der Waals surface area (Å²) in [6, 6.07) is 6.66. The Hall–Kier alpha value is -1.51. The van der Waals surface area contributed by atoms with Crippen molar-refractivity contribution >= 4 is 24.8 Å². The Kier molecular flexibility index (Phi) is 3.52.